The number of rotatable bonds is 3. The summed E-state index contributed by atoms with van der Waals surface area (Å²) in [6.07, 6.45) is 2.67. The van der Waals surface area contributed by atoms with E-state index in [9.17, 15) is 19.2 Å². The van der Waals surface area contributed by atoms with Crippen LogP contribution in [-0.4, -0.2) is 65.6 Å². The summed E-state index contributed by atoms with van der Waals surface area (Å²) in [4.78, 5) is 52.7. The lowest BCUT2D eigenvalue weighted by atomic mass is 9.73. The van der Waals surface area contributed by atoms with Crippen LogP contribution in [0.2, 0.25) is 0 Å². The Morgan fingerprint density at radius 3 is 2.38 bits per heavy atom. The average Bonchev–Trinajstić information content (AvgIpc) is 2.92. The molecule has 4 aliphatic rings. The Balaban J connectivity index is 1.30. The van der Waals surface area contributed by atoms with E-state index in [1.165, 1.54) is 12.8 Å². The summed E-state index contributed by atoms with van der Waals surface area (Å²) >= 11 is 0. The molecule has 29 heavy (non-hydrogen) atoms. The zero-order chi connectivity index (χ0) is 20.2. The van der Waals surface area contributed by atoms with E-state index < -0.39 is 23.8 Å². The maximum Gasteiger partial charge on any atom is 0.262 e. The summed E-state index contributed by atoms with van der Waals surface area (Å²) in [5.74, 6) is -1.85. The van der Waals surface area contributed by atoms with Crippen molar-refractivity contribution >= 4 is 23.6 Å². The van der Waals surface area contributed by atoms with Gasteiger partial charge < -0.3 is 5.32 Å². The van der Waals surface area contributed by atoms with Crippen LogP contribution < -0.4 is 10.6 Å². The third-order valence-corrected chi connectivity index (χ3v) is 6.83. The van der Waals surface area contributed by atoms with Crippen molar-refractivity contribution < 1.29 is 19.2 Å². The normalized spacial score (nSPS) is 26.5. The van der Waals surface area contributed by atoms with Crippen LogP contribution in [0.1, 0.15) is 52.0 Å². The van der Waals surface area contributed by atoms with Gasteiger partial charge in [-0.15, -0.1) is 0 Å². The second kappa shape index (κ2) is 6.74. The molecule has 0 saturated carbocycles. The van der Waals surface area contributed by atoms with Crippen LogP contribution in [0.3, 0.4) is 0 Å². The number of benzene rings is 1. The third kappa shape index (κ3) is 3.07. The van der Waals surface area contributed by atoms with Crippen molar-refractivity contribution in [1.29, 1.82) is 0 Å². The van der Waals surface area contributed by atoms with Crippen molar-refractivity contribution in [1.82, 2.24) is 20.4 Å². The van der Waals surface area contributed by atoms with Gasteiger partial charge in [-0.2, -0.15) is 0 Å². The molecule has 4 amide bonds. The highest BCUT2D eigenvalue weighted by atomic mass is 16.2. The number of likely N-dealkylation sites (tertiary alicyclic amines) is 1. The summed E-state index contributed by atoms with van der Waals surface area (Å²) in [5, 5.41) is 5.59. The largest absolute Gasteiger partial charge is 0.316 e. The molecule has 1 aromatic carbocycles. The highest BCUT2D eigenvalue weighted by Crippen LogP contribution is 2.35. The first-order valence-corrected chi connectivity index (χ1v) is 10.2. The molecule has 5 rings (SSSR count). The molecule has 3 fully saturated rings. The standard InChI is InChI=1S/C21H24N4O4/c26-17-4-3-16(18(27)23-17)25-19(28)14-2-1-13(9-15(14)20(25)29)10-24-7-5-21(6-8-24)11-22-12-21/h1-2,9,16,22H,3-8,10-12H2,(H,23,26,27). The number of nitrogens with zero attached hydrogens (tertiary/aromatic N) is 2. The van der Waals surface area contributed by atoms with Gasteiger partial charge in [0.05, 0.1) is 11.1 Å². The zero-order valence-electron chi connectivity index (χ0n) is 16.2. The zero-order valence-corrected chi connectivity index (χ0v) is 16.2. The maximum absolute atomic E-state index is 12.9. The third-order valence-electron chi connectivity index (χ3n) is 6.83. The minimum Gasteiger partial charge on any atom is -0.316 e. The Kier molecular flexibility index (Phi) is 4.29. The Bertz CT molecular complexity index is 913. The van der Waals surface area contributed by atoms with Gasteiger partial charge in [-0.3, -0.25) is 34.3 Å². The van der Waals surface area contributed by atoms with Crippen LogP contribution >= 0.6 is 0 Å². The van der Waals surface area contributed by atoms with Crippen LogP contribution in [0.4, 0.5) is 0 Å². The molecule has 8 heteroatoms. The molecule has 1 spiro atoms. The van der Waals surface area contributed by atoms with Crippen LogP contribution in [0.25, 0.3) is 0 Å². The molecule has 0 radical (unpaired) electrons. The molecule has 3 saturated heterocycles. The lowest BCUT2D eigenvalue weighted by Crippen LogP contribution is -2.58. The predicted octanol–water partition coefficient (Wildman–Crippen LogP) is 0.273. The van der Waals surface area contributed by atoms with Gasteiger partial charge in [-0.25, -0.2) is 0 Å². The Morgan fingerprint density at radius 1 is 1.00 bits per heavy atom. The summed E-state index contributed by atoms with van der Waals surface area (Å²) in [5.41, 5.74) is 2.17. The maximum atomic E-state index is 12.9. The van der Waals surface area contributed by atoms with E-state index >= 15 is 0 Å². The number of piperidine rings is 2. The van der Waals surface area contributed by atoms with Crippen molar-refractivity contribution in [3.8, 4) is 0 Å². The fraction of sp³-hybridized carbons (Fsp3) is 0.524. The Labute approximate surface area is 168 Å². The number of nitrogens with one attached hydrogen (secondary N) is 2. The summed E-state index contributed by atoms with van der Waals surface area (Å²) in [6, 6.07) is 4.46. The lowest BCUT2D eigenvalue weighted by Gasteiger charge is -2.48. The van der Waals surface area contributed by atoms with E-state index in [-0.39, 0.29) is 18.7 Å². The van der Waals surface area contributed by atoms with Crippen molar-refractivity contribution in [3.05, 3.63) is 34.9 Å². The highest BCUT2D eigenvalue weighted by molar-refractivity contribution is 6.23. The molecular weight excluding hydrogens is 372 g/mol. The molecule has 0 bridgehead atoms. The summed E-state index contributed by atoms with van der Waals surface area (Å²) in [7, 11) is 0. The van der Waals surface area contributed by atoms with Gasteiger partial charge in [-0.1, -0.05) is 6.07 Å². The summed E-state index contributed by atoms with van der Waals surface area (Å²) < 4.78 is 0. The molecule has 8 nitrogen and oxygen atoms in total. The van der Waals surface area contributed by atoms with Gasteiger partial charge in [0, 0.05) is 26.1 Å². The van der Waals surface area contributed by atoms with Gasteiger partial charge in [0.1, 0.15) is 6.04 Å². The molecule has 2 N–H and O–H groups in total. The first-order valence-electron chi connectivity index (χ1n) is 10.2. The SMILES string of the molecule is O=C1CCC(N2C(=O)c3ccc(CN4CCC5(CC4)CNC5)cc3C2=O)C(=O)N1. The van der Waals surface area contributed by atoms with Crippen molar-refractivity contribution in [2.24, 2.45) is 5.41 Å². The molecule has 152 valence electrons. The molecule has 1 atom stereocenters. The number of amides is 4. The topological polar surface area (TPSA) is 98.8 Å². The molecule has 0 aliphatic carbocycles. The van der Waals surface area contributed by atoms with Gasteiger partial charge in [0.15, 0.2) is 0 Å². The summed E-state index contributed by atoms with van der Waals surface area (Å²) in [6.45, 7) is 5.05. The number of carbonyl (C=O) groups excluding carboxylic acids is 4. The molecule has 1 unspecified atom stereocenters. The average molecular weight is 396 g/mol. The molecular formula is C21H24N4O4. The van der Waals surface area contributed by atoms with Gasteiger partial charge in [-0.05, 0) is 55.5 Å². The number of hydrogen-bond donors (Lipinski definition) is 2. The van der Waals surface area contributed by atoms with Crippen LogP contribution in [0, 0.1) is 5.41 Å². The van der Waals surface area contributed by atoms with Crippen molar-refractivity contribution in [3.63, 3.8) is 0 Å². The number of carbonyl (C=O) groups is 4. The van der Waals surface area contributed by atoms with Crippen LogP contribution in [-0.2, 0) is 16.1 Å². The van der Waals surface area contributed by atoms with E-state index in [0.29, 0.717) is 16.5 Å². The quantitative estimate of drug-likeness (QED) is 0.712. The van der Waals surface area contributed by atoms with Crippen LogP contribution in [0.5, 0.6) is 0 Å². The minimum atomic E-state index is -0.919. The Morgan fingerprint density at radius 2 is 1.72 bits per heavy atom. The lowest BCUT2D eigenvalue weighted by molar-refractivity contribution is -0.136. The first kappa shape index (κ1) is 18.4. The minimum absolute atomic E-state index is 0.126. The second-order valence-electron chi connectivity index (χ2n) is 8.71. The molecule has 1 aromatic rings. The smallest absolute Gasteiger partial charge is 0.262 e. The van der Waals surface area contributed by atoms with Gasteiger partial charge in [0.25, 0.3) is 11.8 Å². The van der Waals surface area contributed by atoms with E-state index in [2.05, 4.69) is 15.5 Å². The van der Waals surface area contributed by atoms with E-state index in [0.717, 1.165) is 43.2 Å². The number of imide groups is 2. The van der Waals surface area contributed by atoms with Gasteiger partial charge in [0.2, 0.25) is 11.8 Å². The highest BCUT2D eigenvalue weighted by Gasteiger charge is 2.45. The number of fused-ring (bicyclic) bond motifs is 1. The van der Waals surface area contributed by atoms with Gasteiger partial charge >= 0.3 is 0 Å². The number of hydrogen-bond acceptors (Lipinski definition) is 6. The van der Waals surface area contributed by atoms with E-state index in [1.807, 2.05) is 6.07 Å². The fourth-order valence-corrected chi connectivity index (χ4v) is 4.89. The molecule has 4 heterocycles. The molecule has 0 aromatic heterocycles. The monoisotopic (exact) mass is 396 g/mol. The predicted molar refractivity (Wildman–Crippen MR) is 103 cm³/mol. The fourth-order valence-electron chi connectivity index (χ4n) is 4.89. The van der Waals surface area contributed by atoms with E-state index in [1.54, 1.807) is 12.1 Å². The Hall–Kier alpha value is -2.58. The first-order chi connectivity index (χ1) is 14.0. The second-order valence-corrected chi connectivity index (χ2v) is 8.71. The van der Waals surface area contributed by atoms with Crippen molar-refractivity contribution in [2.45, 2.75) is 38.3 Å². The molecule has 4 aliphatic heterocycles. The van der Waals surface area contributed by atoms with Crippen LogP contribution in [0.15, 0.2) is 18.2 Å². The van der Waals surface area contributed by atoms with E-state index in [4.69, 9.17) is 0 Å². The van der Waals surface area contributed by atoms with Crippen molar-refractivity contribution in [2.75, 3.05) is 26.2 Å².